The number of anilines is 2. The highest BCUT2D eigenvalue weighted by molar-refractivity contribution is 6.42. The molecule has 1 amide bonds. The number of likely N-dealkylation sites (N-methyl/N-ethyl adjacent to an activating group) is 1. The number of nitrogens with zero attached hydrogens (tertiary/aromatic N) is 2. The van der Waals surface area contributed by atoms with Crippen molar-refractivity contribution in [3.8, 4) is 6.07 Å². The standard InChI is InChI=1S/C24H23Cl2N3O/c1-14-8-22-19(15(2)12-24(3,4)29(22)5)10-16(14)9-17(13-27)23(30)28-18-6-7-20(25)21(26)11-18/h6-12H,1-5H3,(H,28,30)/b17-9-. The van der Waals surface area contributed by atoms with E-state index in [1.54, 1.807) is 24.3 Å². The van der Waals surface area contributed by atoms with Crippen LogP contribution in [-0.2, 0) is 4.79 Å². The third-order valence-electron chi connectivity index (χ3n) is 5.45. The zero-order chi connectivity index (χ0) is 22.2. The summed E-state index contributed by atoms with van der Waals surface area (Å²) in [4.78, 5) is 14.9. The summed E-state index contributed by atoms with van der Waals surface area (Å²) in [6.45, 7) is 8.40. The normalized spacial score (nSPS) is 15.2. The minimum absolute atomic E-state index is 0.00949. The molecule has 2 aromatic rings. The molecule has 0 saturated carbocycles. The fourth-order valence-corrected chi connectivity index (χ4v) is 3.85. The van der Waals surface area contributed by atoms with Crippen molar-refractivity contribution in [3.63, 3.8) is 0 Å². The second-order valence-corrected chi connectivity index (χ2v) is 8.83. The number of hydrogen-bond acceptors (Lipinski definition) is 3. The minimum Gasteiger partial charge on any atom is -0.365 e. The van der Waals surface area contributed by atoms with E-state index < -0.39 is 5.91 Å². The lowest BCUT2D eigenvalue weighted by Crippen LogP contribution is -2.42. The molecule has 0 unspecified atom stereocenters. The van der Waals surface area contributed by atoms with Gasteiger partial charge in [-0.1, -0.05) is 29.3 Å². The minimum atomic E-state index is -0.501. The molecule has 6 heteroatoms. The van der Waals surface area contributed by atoms with Crippen LogP contribution in [-0.4, -0.2) is 18.5 Å². The number of halogens is 2. The predicted molar refractivity (Wildman–Crippen MR) is 126 cm³/mol. The van der Waals surface area contributed by atoms with E-state index >= 15 is 0 Å². The van der Waals surface area contributed by atoms with Gasteiger partial charge in [-0.2, -0.15) is 5.26 Å². The van der Waals surface area contributed by atoms with E-state index in [1.807, 2.05) is 19.1 Å². The molecule has 3 rings (SSSR count). The van der Waals surface area contributed by atoms with Crippen LogP contribution >= 0.6 is 23.2 Å². The molecule has 1 aliphatic heterocycles. The monoisotopic (exact) mass is 439 g/mol. The highest BCUT2D eigenvalue weighted by atomic mass is 35.5. The molecule has 1 N–H and O–H groups in total. The Morgan fingerprint density at radius 2 is 1.87 bits per heavy atom. The number of fused-ring (bicyclic) bond motifs is 1. The third kappa shape index (κ3) is 4.23. The van der Waals surface area contributed by atoms with Crippen LogP contribution in [0.25, 0.3) is 11.6 Å². The average molecular weight is 440 g/mol. The maximum absolute atomic E-state index is 12.6. The topological polar surface area (TPSA) is 56.1 Å². The molecule has 0 atom stereocenters. The largest absolute Gasteiger partial charge is 0.365 e. The summed E-state index contributed by atoms with van der Waals surface area (Å²) >= 11 is 11.9. The van der Waals surface area contributed by atoms with Crippen molar-refractivity contribution in [1.82, 2.24) is 0 Å². The highest BCUT2D eigenvalue weighted by Gasteiger charge is 2.28. The Hall–Kier alpha value is -2.74. The Morgan fingerprint density at radius 3 is 2.50 bits per heavy atom. The van der Waals surface area contributed by atoms with Gasteiger partial charge >= 0.3 is 0 Å². The molecular weight excluding hydrogens is 417 g/mol. The number of benzene rings is 2. The number of nitrogens with one attached hydrogen (secondary N) is 1. The summed E-state index contributed by atoms with van der Waals surface area (Å²) < 4.78 is 0. The molecule has 2 aromatic carbocycles. The van der Waals surface area contributed by atoms with E-state index in [2.05, 4.69) is 50.2 Å². The van der Waals surface area contributed by atoms with E-state index in [4.69, 9.17) is 23.2 Å². The zero-order valence-electron chi connectivity index (χ0n) is 17.6. The van der Waals surface area contributed by atoms with Crippen molar-refractivity contribution in [3.05, 3.63) is 68.7 Å². The number of amides is 1. The predicted octanol–water partition coefficient (Wildman–Crippen LogP) is 6.48. The highest BCUT2D eigenvalue weighted by Crippen LogP contribution is 2.39. The van der Waals surface area contributed by atoms with E-state index in [1.165, 1.54) is 5.57 Å². The molecule has 1 aliphatic rings. The lowest BCUT2D eigenvalue weighted by atomic mass is 9.87. The summed E-state index contributed by atoms with van der Waals surface area (Å²) in [5, 5.41) is 13.0. The lowest BCUT2D eigenvalue weighted by Gasteiger charge is -2.41. The first kappa shape index (κ1) is 22.0. The quantitative estimate of drug-likeness (QED) is 0.439. The number of nitriles is 1. The number of carbonyl (C=O) groups is 1. The van der Waals surface area contributed by atoms with Gasteiger partial charge in [-0.15, -0.1) is 0 Å². The van der Waals surface area contributed by atoms with Crippen molar-refractivity contribution in [2.24, 2.45) is 0 Å². The smallest absolute Gasteiger partial charge is 0.266 e. The van der Waals surface area contributed by atoms with Crippen molar-refractivity contribution < 1.29 is 4.79 Å². The van der Waals surface area contributed by atoms with Gasteiger partial charge in [0.15, 0.2) is 0 Å². The summed E-state index contributed by atoms with van der Waals surface area (Å²) in [5.41, 5.74) is 5.61. The first-order valence-electron chi connectivity index (χ1n) is 9.50. The molecule has 0 radical (unpaired) electrons. The first-order valence-corrected chi connectivity index (χ1v) is 10.3. The van der Waals surface area contributed by atoms with Crippen LogP contribution in [0.3, 0.4) is 0 Å². The molecule has 0 saturated heterocycles. The van der Waals surface area contributed by atoms with Crippen molar-refractivity contribution in [2.75, 3.05) is 17.3 Å². The number of rotatable bonds is 3. The van der Waals surface area contributed by atoms with Gasteiger partial charge in [0.05, 0.1) is 15.6 Å². The van der Waals surface area contributed by atoms with Gasteiger partial charge < -0.3 is 10.2 Å². The van der Waals surface area contributed by atoms with Gasteiger partial charge in [0, 0.05) is 24.0 Å². The van der Waals surface area contributed by atoms with Crippen molar-refractivity contribution >= 4 is 52.1 Å². The molecule has 0 aromatic heterocycles. The molecule has 0 bridgehead atoms. The molecule has 0 aliphatic carbocycles. The Bertz CT molecular complexity index is 1140. The summed E-state index contributed by atoms with van der Waals surface area (Å²) in [5.74, 6) is -0.501. The third-order valence-corrected chi connectivity index (χ3v) is 6.19. The van der Waals surface area contributed by atoms with Gasteiger partial charge in [0.1, 0.15) is 11.6 Å². The maximum atomic E-state index is 12.6. The first-order chi connectivity index (χ1) is 14.0. The molecule has 30 heavy (non-hydrogen) atoms. The number of aryl methyl sites for hydroxylation is 1. The molecule has 0 spiro atoms. The van der Waals surface area contributed by atoms with Crippen LogP contribution in [0.5, 0.6) is 0 Å². The second kappa shape index (κ2) is 8.18. The fraction of sp³-hybridized carbons (Fsp3) is 0.250. The van der Waals surface area contributed by atoms with Crippen LogP contribution in [0.15, 0.2) is 42.0 Å². The van der Waals surface area contributed by atoms with Gasteiger partial charge in [-0.25, -0.2) is 0 Å². The maximum Gasteiger partial charge on any atom is 0.266 e. The van der Waals surface area contributed by atoms with Crippen molar-refractivity contribution in [1.29, 1.82) is 5.26 Å². The number of allylic oxidation sites excluding steroid dienone is 1. The van der Waals surface area contributed by atoms with Crippen LogP contribution in [0.1, 0.15) is 37.5 Å². The Balaban J connectivity index is 1.96. The van der Waals surface area contributed by atoms with Gasteiger partial charge in [-0.05, 0) is 80.8 Å². The van der Waals surface area contributed by atoms with Crippen molar-refractivity contribution in [2.45, 2.75) is 33.2 Å². The SMILES string of the molecule is CC1=CC(C)(C)N(C)c2cc(C)c(/C=C(/C#N)C(=O)Nc3ccc(Cl)c(Cl)c3)cc21. The molecule has 4 nitrogen and oxygen atoms in total. The Morgan fingerprint density at radius 1 is 1.17 bits per heavy atom. The molecule has 154 valence electrons. The van der Waals surface area contributed by atoms with E-state index in [9.17, 15) is 10.1 Å². The van der Waals surface area contributed by atoms with Crippen LogP contribution in [0.4, 0.5) is 11.4 Å². The average Bonchev–Trinajstić information content (AvgIpc) is 2.67. The van der Waals surface area contributed by atoms with E-state index in [0.717, 1.165) is 22.4 Å². The molecule has 1 heterocycles. The second-order valence-electron chi connectivity index (χ2n) is 8.02. The number of hydrogen-bond donors (Lipinski definition) is 1. The number of carbonyl (C=O) groups excluding carboxylic acids is 1. The van der Waals surface area contributed by atoms with E-state index in [-0.39, 0.29) is 11.1 Å². The van der Waals surface area contributed by atoms with Gasteiger partial charge in [-0.3, -0.25) is 4.79 Å². The summed E-state index contributed by atoms with van der Waals surface area (Å²) in [7, 11) is 2.07. The lowest BCUT2D eigenvalue weighted by molar-refractivity contribution is -0.112. The Labute approximate surface area is 187 Å². The fourth-order valence-electron chi connectivity index (χ4n) is 3.55. The van der Waals surface area contributed by atoms with Gasteiger partial charge in [0.25, 0.3) is 5.91 Å². The van der Waals surface area contributed by atoms with Gasteiger partial charge in [0.2, 0.25) is 0 Å². The van der Waals surface area contributed by atoms with Crippen LogP contribution in [0, 0.1) is 18.3 Å². The van der Waals surface area contributed by atoms with E-state index in [0.29, 0.717) is 15.7 Å². The molecular formula is C24H23Cl2N3O. The Kier molecular flexibility index (Phi) is 5.99. The summed E-state index contributed by atoms with van der Waals surface area (Å²) in [6.07, 6.45) is 3.84. The van der Waals surface area contributed by atoms with Crippen LogP contribution < -0.4 is 10.2 Å². The zero-order valence-corrected chi connectivity index (χ0v) is 19.1. The molecule has 0 fully saturated rings. The van der Waals surface area contributed by atoms with Crippen LogP contribution in [0.2, 0.25) is 10.0 Å². The summed E-state index contributed by atoms with van der Waals surface area (Å²) in [6, 6.07) is 10.9.